The minimum absolute atomic E-state index is 0.136. The summed E-state index contributed by atoms with van der Waals surface area (Å²) in [5.74, 6) is -0.423. The van der Waals surface area contributed by atoms with Crippen LogP contribution in [-0.2, 0) is 16.1 Å². The van der Waals surface area contributed by atoms with Gasteiger partial charge in [-0.25, -0.2) is 4.98 Å². The van der Waals surface area contributed by atoms with Crippen molar-refractivity contribution >= 4 is 40.2 Å². The third-order valence-corrected chi connectivity index (χ3v) is 5.40. The first-order valence-electron chi connectivity index (χ1n) is 8.61. The van der Waals surface area contributed by atoms with E-state index in [9.17, 15) is 9.59 Å². The van der Waals surface area contributed by atoms with Crippen LogP contribution in [0.25, 0.3) is 10.9 Å². The van der Waals surface area contributed by atoms with E-state index in [-0.39, 0.29) is 11.7 Å². The lowest BCUT2D eigenvalue weighted by Gasteiger charge is -2.16. The summed E-state index contributed by atoms with van der Waals surface area (Å²) in [5, 5.41) is 1.03. The molecule has 8 heteroatoms. The van der Waals surface area contributed by atoms with Crippen molar-refractivity contribution in [3.8, 4) is 0 Å². The minimum atomic E-state index is -0.448. The van der Waals surface area contributed by atoms with Crippen LogP contribution in [0, 0.1) is 0 Å². The fourth-order valence-electron chi connectivity index (χ4n) is 2.47. The second kappa shape index (κ2) is 9.39. The molecule has 0 spiro atoms. The highest BCUT2D eigenvalue weighted by molar-refractivity contribution is 8.00. The lowest BCUT2D eigenvalue weighted by Crippen LogP contribution is -2.29. The van der Waals surface area contributed by atoms with Crippen molar-refractivity contribution in [2.75, 3.05) is 6.61 Å². The van der Waals surface area contributed by atoms with Gasteiger partial charge in [-0.2, -0.15) is 0 Å². The Labute approximate surface area is 162 Å². The second-order valence-electron chi connectivity index (χ2n) is 6.20. The Kier molecular flexibility index (Phi) is 7.49. The van der Waals surface area contributed by atoms with Crippen molar-refractivity contribution in [2.45, 2.75) is 56.7 Å². The molecule has 2 aromatic rings. The molecule has 1 aromatic carbocycles. The number of thioether (sulfide) groups is 1. The molecule has 0 saturated carbocycles. The number of hydrogen-bond donors (Lipinski definition) is 1. The van der Waals surface area contributed by atoms with Gasteiger partial charge in [-0.3, -0.25) is 14.2 Å². The molecule has 0 aliphatic carbocycles. The zero-order valence-corrected chi connectivity index (χ0v) is 16.8. The maximum Gasteiger partial charge on any atom is 0.262 e. The lowest BCUT2D eigenvalue weighted by atomic mass is 10.2. The number of aromatic nitrogens is 2. The highest BCUT2D eigenvalue weighted by Crippen LogP contribution is 2.25. The van der Waals surface area contributed by atoms with Crippen LogP contribution in [-0.4, -0.2) is 33.4 Å². The first kappa shape index (κ1) is 20.7. The molecule has 1 amide bonds. The molecule has 1 unspecified atom stereocenters. The highest BCUT2D eigenvalue weighted by atomic mass is 35.5. The van der Waals surface area contributed by atoms with E-state index >= 15 is 0 Å². The molecule has 2 N–H and O–H groups in total. The maximum atomic E-state index is 12.9. The van der Waals surface area contributed by atoms with E-state index < -0.39 is 11.2 Å². The quantitative estimate of drug-likeness (QED) is 0.398. The third-order valence-electron chi connectivity index (χ3n) is 3.80. The molecule has 1 aromatic heterocycles. The van der Waals surface area contributed by atoms with Crippen LogP contribution >= 0.6 is 23.4 Å². The van der Waals surface area contributed by atoms with Crippen molar-refractivity contribution in [3.05, 3.63) is 33.6 Å². The number of primary amides is 1. The van der Waals surface area contributed by atoms with Crippen LogP contribution in [0.5, 0.6) is 0 Å². The van der Waals surface area contributed by atoms with Crippen LogP contribution in [0.4, 0.5) is 0 Å². The molecular weight excluding hydrogens is 374 g/mol. The summed E-state index contributed by atoms with van der Waals surface area (Å²) in [6, 6.07) is 5.00. The molecule has 142 valence electrons. The lowest BCUT2D eigenvalue weighted by molar-refractivity contribution is -0.117. The van der Waals surface area contributed by atoms with Gasteiger partial charge in [-0.15, -0.1) is 0 Å². The highest BCUT2D eigenvalue weighted by Gasteiger charge is 2.20. The third kappa shape index (κ3) is 5.22. The first-order valence-corrected chi connectivity index (χ1v) is 9.87. The predicted octanol–water partition coefficient (Wildman–Crippen LogP) is 3.22. The van der Waals surface area contributed by atoms with E-state index in [1.54, 1.807) is 22.8 Å². The Morgan fingerprint density at radius 1 is 1.42 bits per heavy atom. The number of rotatable bonds is 9. The average molecular weight is 398 g/mol. The first-order chi connectivity index (χ1) is 12.3. The number of halogens is 1. The molecule has 0 aliphatic heterocycles. The van der Waals surface area contributed by atoms with E-state index in [2.05, 4.69) is 4.98 Å². The van der Waals surface area contributed by atoms with Gasteiger partial charge in [0.25, 0.3) is 5.56 Å². The Morgan fingerprint density at radius 2 is 2.15 bits per heavy atom. The number of nitrogens with zero attached hydrogens (tertiary/aromatic N) is 2. The van der Waals surface area contributed by atoms with Gasteiger partial charge in [-0.1, -0.05) is 30.3 Å². The van der Waals surface area contributed by atoms with Gasteiger partial charge in [0.05, 0.1) is 22.3 Å². The summed E-state index contributed by atoms with van der Waals surface area (Å²) < 4.78 is 7.15. The Bertz CT molecular complexity index is 838. The molecule has 2 rings (SSSR count). The largest absolute Gasteiger partial charge is 0.379 e. The number of fused-ring (bicyclic) bond motifs is 1. The summed E-state index contributed by atoms with van der Waals surface area (Å²) in [7, 11) is 0. The van der Waals surface area contributed by atoms with E-state index in [0.717, 1.165) is 0 Å². The van der Waals surface area contributed by atoms with Gasteiger partial charge < -0.3 is 10.5 Å². The summed E-state index contributed by atoms with van der Waals surface area (Å²) >= 11 is 7.25. The van der Waals surface area contributed by atoms with Gasteiger partial charge >= 0.3 is 0 Å². The van der Waals surface area contributed by atoms with Crippen molar-refractivity contribution in [2.24, 2.45) is 5.73 Å². The predicted molar refractivity (Wildman–Crippen MR) is 106 cm³/mol. The van der Waals surface area contributed by atoms with Crippen molar-refractivity contribution in [1.29, 1.82) is 0 Å². The van der Waals surface area contributed by atoms with Gasteiger partial charge in [0.15, 0.2) is 5.16 Å². The van der Waals surface area contributed by atoms with E-state index in [1.165, 1.54) is 11.8 Å². The zero-order chi connectivity index (χ0) is 19.3. The van der Waals surface area contributed by atoms with Gasteiger partial charge in [0.2, 0.25) is 5.91 Å². The average Bonchev–Trinajstić information content (AvgIpc) is 2.57. The number of hydrogen-bond acceptors (Lipinski definition) is 5. The van der Waals surface area contributed by atoms with Crippen molar-refractivity contribution in [3.63, 3.8) is 0 Å². The standard InChI is InChI=1S/C18H24ClN3O3S/c1-4-15(16(20)23)26-18-21-14-10-12(19)6-7-13(14)17(24)22(18)8-5-9-25-11(2)3/h6-7,10-11,15H,4-5,8-9H2,1-3H3,(H2,20,23). The molecule has 0 fully saturated rings. The summed E-state index contributed by atoms with van der Waals surface area (Å²) in [4.78, 5) is 29.1. The molecule has 0 saturated heterocycles. The molecular formula is C18H24ClN3O3S. The SMILES string of the molecule is CCC(Sc1nc2cc(Cl)ccc2c(=O)n1CCCOC(C)C)C(N)=O. The van der Waals surface area contributed by atoms with Crippen LogP contribution in [0.1, 0.15) is 33.6 Å². The monoisotopic (exact) mass is 397 g/mol. The smallest absolute Gasteiger partial charge is 0.262 e. The van der Waals surface area contributed by atoms with E-state index in [0.29, 0.717) is 47.1 Å². The van der Waals surface area contributed by atoms with Crippen LogP contribution in [0.3, 0.4) is 0 Å². The molecule has 6 nitrogen and oxygen atoms in total. The molecule has 0 bridgehead atoms. The molecule has 1 heterocycles. The molecule has 0 aliphatic rings. The van der Waals surface area contributed by atoms with Crippen LogP contribution < -0.4 is 11.3 Å². The minimum Gasteiger partial charge on any atom is -0.379 e. The number of ether oxygens (including phenoxy) is 1. The number of nitrogens with two attached hydrogens (primary N) is 1. The summed E-state index contributed by atoms with van der Waals surface area (Å²) in [6.45, 7) is 6.80. The van der Waals surface area contributed by atoms with Crippen LogP contribution in [0.15, 0.2) is 28.2 Å². The molecule has 26 heavy (non-hydrogen) atoms. The molecule has 0 radical (unpaired) electrons. The summed E-state index contributed by atoms with van der Waals surface area (Å²) in [6.07, 6.45) is 1.36. The van der Waals surface area contributed by atoms with E-state index in [4.69, 9.17) is 22.1 Å². The fraction of sp³-hybridized carbons (Fsp3) is 0.500. The maximum absolute atomic E-state index is 12.9. The van der Waals surface area contributed by atoms with Crippen LogP contribution in [0.2, 0.25) is 5.02 Å². The normalized spacial score (nSPS) is 12.7. The van der Waals surface area contributed by atoms with Gasteiger partial charge in [0.1, 0.15) is 0 Å². The molecule has 1 atom stereocenters. The Balaban J connectivity index is 2.42. The number of amides is 1. The summed E-state index contributed by atoms with van der Waals surface area (Å²) in [5.41, 5.74) is 5.82. The van der Waals surface area contributed by atoms with E-state index in [1.807, 2.05) is 20.8 Å². The van der Waals surface area contributed by atoms with Crippen molar-refractivity contribution in [1.82, 2.24) is 9.55 Å². The fourth-order valence-corrected chi connectivity index (χ4v) is 3.63. The number of carbonyl (C=O) groups is 1. The zero-order valence-electron chi connectivity index (χ0n) is 15.2. The van der Waals surface area contributed by atoms with Gasteiger partial charge in [0, 0.05) is 18.2 Å². The topological polar surface area (TPSA) is 87.2 Å². The second-order valence-corrected chi connectivity index (χ2v) is 7.81. The Morgan fingerprint density at radius 3 is 2.77 bits per heavy atom. The van der Waals surface area contributed by atoms with Crippen molar-refractivity contribution < 1.29 is 9.53 Å². The number of carbonyl (C=O) groups excluding carboxylic acids is 1. The Hall–Kier alpha value is -1.57. The van der Waals surface area contributed by atoms with Gasteiger partial charge in [-0.05, 0) is 44.9 Å². The number of benzene rings is 1.